The van der Waals surface area contributed by atoms with Crippen molar-refractivity contribution in [2.45, 2.75) is 6.54 Å². The molecule has 0 bridgehead atoms. The number of ether oxygens (including phenoxy) is 2. The highest BCUT2D eigenvalue weighted by Crippen LogP contribution is 2.17. The molecule has 9 heteroatoms. The van der Waals surface area contributed by atoms with Crippen LogP contribution in [0.25, 0.3) is 0 Å². The standard InChI is InChI=1S/C18H24N6O3/c1-23(2)17-20-15(21-18(22-17)24-8-10-27-11-9-24)12-19-16(25)13-6-4-5-7-14(13)26-3/h4-7H,8-12H2,1-3H3,(H,19,25). The van der Waals surface area contributed by atoms with Gasteiger partial charge in [-0.05, 0) is 12.1 Å². The van der Waals surface area contributed by atoms with Gasteiger partial charge < -0.3 is 24.6 Å². The van der Waals surface area contributed by atoms with E-state index in [1.54, 1.807) is 18.2 Å². The van der Waals surface area contributed by atoms with E-state index in [1.807, 2.05) is 25.1 Å². The van der Waals surface area contributed by atoms with Gasteiger partial charge in [-0.2, -0.15) is 15.0 Å². The van der Waals surface area contributed by atoms with Gasteiger partial charge in [-0.15, -0.1) is 0 Å². The van der Waals surface area contributed by atoms with Crippen LogP contribution < -0.4 is 19.9 Å². The number of methoxy groups -OCH3 is 1. The van der Waals surface area contributed by atoms with Gasteiger partial charge in [0.25, 0.3) is 5.91 Å². The molecule has 3 rings (SSSR count). The van der Waals surface area contributed by atoms with E-state index < -0.39 is 0 Å². The summed E-state index contributed by atoms with van der Waals surface area (Å²) < 4.78 is 10.6. The van der Waals surface area contributed by atoms with Gasteiger partial charge in [-0.1, -0.05) is 12.1 Å². The number of amides is 1. The second kappa shape index (κ2) is 8.63. The maximum absolute atomic E-state index is 12.5. The van der Waals surface area contributed by atoms with Gasteiger partial charge in [0.15, 0.2) is 5.82 Å². The molecule has 1 saturated heterocycles. The van der Waals surface area contributed by atoms with Crippen LogP contribution in [0.15, 0.2) is 24.3 Å². The minimum atomic E-state index is -0.243. The molecule has 1 aromatic heterocycles. The number of hydrogen-bond donors (Lipinski definition) is 1. The molecule has 1 aromatic carbocycles. The Labute approximate surface area is 158 Å². The Hall–Kier alpha value is -2.94. The molecule has 0 atom stereocenters. The van der Waals surface area contributed by atoms with Crippen LogP contribution in [0, 0.1) is 0 Å². The maximum Gasteiger partial charge on any atom is 0.255 e. The Bertz CT molecular complexity index is 792. The first-order valence-corrected chi connectivity index (χ1v) is 8.74. The van der Waals surface area contributed by atoms with Crippen molar-refractivity contribution >= 4 is 17.8 Å². The van der Waals surface area contributed by atoms with Crippen LogP contribution in [-0.4, -0.2) is 68.4 Å². The van der Waals surface area contributed by atoms with Crippen molar-refractivity contribution in [2.24, 2.45) is 0 Å². The SMILES string of the molecule is COc1ccccc1C(=O)NCc1nc(N(C)C)nc(N2CCOCC2)n1. The van der Waals surface area contributed by atoms with E-state index in [2.05, 4.69) is 25.2 Å². The first kappa shape index (κ1) is 18.8. The summed E-state index contributed by atoms with van der Waals surface area (Å²) in [5.74, 6) is 1.92. The average Bonchev–Trinajstić information content (AvgIpc) is 2.72. The normalized spacial score (nSPS) is 14.0. The Balaban J connectivity index is 1.77. The third-order valence-electron chi connectivity index (χ3n) is 4.11. The summed E-state index contributed by atoms with van der Waals surface area (Å²) in [7, 11) is 5.28. The number of nitrogens with one attached hydrogen (secondary N) is 1. The first-order chi connectivity index (χ1) is 13.1. The Morgan fingerprint density at radius 2 is 1.96 bits per heavy atom. The van der Waals surface area contributed by atoms with Gasteiger partial charge >= 0.3 is 0 Å². The van der Waals surface area contributed by atoms with Gasteiger partial charge in [0.05, 0.1) is 32.4 Å². The number of hydrogen-bond acceptors (Lipinski definition) is 8. The van der Waals surface area contributed by atoms with Crippen molar-refractivity contribution < 1.29 is 14.3 Å². The molecule has 0 aliphatic carbocycles. The molecule has 9 nitrogen and oxygen atoms in total. The molecule has 1 fully saturated rings. The molecule has 0 unspecified atom stereocenters. The Kier molecular flexibility index (Phi) is 6.02. The van der Waals surface area contributed by atoms with E-state index in [9.17, 15) is 4.79 Å². The van der Waals surface area contributed by atoms with Gasteiger partial charge in [0.1, 0.15) is 5.75 Å². The molecular formula is C18H24N6O3. The number of para-hydroxylation sites is 1. The lowest BCUT2D eigenvalue weighted by atomic mass is 10.2. The fourth-order valence-corrected chi connectivity index (χ4v) is 2.67. The summed E-state index contributed by atoms with van der Waals surface area (Å²) in [5.41, 5.74) is 0.468. The Morgan fingerprint density at radius 3 is 2.67 bits per heavy atom. The van der Waals surface area contributed by atoms with Crippen LogP contribution in [0.1, 0.15) is 16.2 Å². The summed E-state index contributed by atoms with van der Waals surface area (Å²) in [6.07, 6.45) is 0. The predicted octanol–water partition coefficient (Wildman–Crippen LogP) is 0.713. The zero-order valence-corrected chi connectivity index (χ0v) is 15.8. The highest BCUT2D eigenvalue weighted by molar-refractivity contribution is 5.96. The molecular weight excluding hydrogens is 348 g/mol. The fourth-order valence-electron chi connectivity index (χ4n) is 2.67. The summed E-state index contributed by atoms with van der Waals surface area (Å²) in [6, 6.07) is 7.07. The van der Waals surface area contributed by atoms with Crippen molar-refractivity contribution in [1.29, 1.82) is 0 Å². The van der Waals surface area contributed by atoms with Crippen LogP contribution >= 0.6 is 0 Å². The van der Waals surface area contributed by atoms with Crippen molar-refractivity contribution in [2.75, 3.05) is 57.3 Å². The molecule has 2 heterocycles. The second-order valence-corrected chi connectivity index (χ2v) is 6.23. The number of benzene rings is 1. The van der Waals surface area contributed by atoms with E-state index in [0.717, 1.165) is 13.1 Å². The van der Waals surface area contributed by atoms with Crippen LogP contribution in [0.3, 0.4) is 0 Å². The largest absolute Gasteiger partial charge is 0.496 e. The topological polar surface area (TPSA) is 92.7 Å². The van der Waals surface area contributed by atoms with E-state index in [-0.39, 0.29) is 12.5 Å². The molecule has 0 spiro atoms. The summed E-state index contributed by atoms with van der Waals surface area (Å²) >= 11 is 0. The van der Waals surface area contributed by atoms with Crippen LogP contribution in [0.5, 0.6) is 5.75 Å². The lowest BCUT2D eigenvalue weighted by Crippen LogP contribution is -2.38. The van der Waals surface area contributed by atoms with Crippen molar-refractivity contribution in [3.05, 3.63) is 35.7 Å². The van der Waals surface area contributed by atoms with Crippen LogP contribution in [0.4, 0.5) is 11.9 Å². The maximum atomic E-state index is 12.5. The van der Waals surface area contributed by atoms with Crippen LogP contribution in [-0.2, 0) is 11.3 Å². The number of aromatic nitrogens is 3. The molecule has 0 radical (unpaired) electrons. The number of rotatable bonds is 6. The van der Waals surface area contributed by atoms with Crippen molar-refractivity contribution in [1.82, 2.24) is 20.3 Å². The molecule has 0 saturated carbocycles. The summed E-state index contributed by atoms with van der Waals surface area (Å²) in [4.78, 5) is 29.8. The molecule has 144 valence electrons. The molecule has 1 aliphatic heterocycles. The Morgan fingerprint density at radius 1 is 1.22 bits per heavy atom. The monoisotopic (exact) mass is 372 g/mol. The zero-order valence-electron chi connectivity index (χ0n) is 15.8. The number of nitrogens with zero attached hydrogens (tertiary/aromatic N) is 5. The van der Waals surface area contributed by atoms with Crippen molar-refractivity contribution in [3.63, 3.8) is 0 Å². The van der Waals surface area contributed by atoms with E-state index in [4.69, 9.17) is 9.47 Å². The molecule has 1 aliphatic rings. The molecule has 27 heavy (non-hydrogen) atoms. The number of carbonyl (C=O) groups excluding carboxylic acids is 1. The van der Waals surface area contributed by atoms with Crippen molar-refractivity contribution in [3.8, 4) is 5.75 Å². The quantitative estimate of drug-likeness (QED) is 0.793. The summed E-state index contributed by atoms with van der Waals surface area (Å²) in [5, 5.41) is 2.85. The molecule has 1 amide bonds. The highest BCUT2D eigenvalue weighted by Gasteiger charge is 2.18. The average molecular weight is 372 g/mol. The fraction of sp³-hybridized carbons (Fsp3) is 0.444. The summed E-state index contributed by atoms with van der Waals surface area (Å²) in [6.45, 7) is 2.93. The smallest absolute Gasteiger partial charge is 0.255 e. The number of carbonyl (C=O) groups is 1. The third kappa shape index (κ3) is 4.62. The van der Waals surface area contributed by atoms with Gasteiger partial charge in [-0.3, -0.25) is 4.79 Å². The molecule has 2 aromatic rings. The lowest BCUT2D eigenvalue weighted by Gasteiger charge is -2.27. The van der Waals surface area contributed by atoms with Gasteiger partial charge in [0, 0.05) is 27.2 Å². The first-order valence-electron chi connectivity index (χ1n) is 8.74. The lowest BCUT2D eigenvalue weighted by molar-refractivity contribution is 0.0947. The second-order valence-electron chi connectivity index (χ2n) is 6.23. The van der Waals surface area contributed by atoms with Gasteiger partial charge in [0.2, 0.25) is 11.9 Å². The molecule has 1 N–H and O–H groups in total. The minimum absolute atomic E-state index is 0.192. The number of morpholine rings is 1. The van der Waals surface area contributed by atoms with E-state index in [1.165, 1.54) is 7.11 Å². The van der Waals surface area contributed by atoms with E-state index in [0.29, 0.717) is 42.2 Å². The third-order valence-corrected chi connectivity index (χ3v) is 4.11. The number of anilines is 2. The zero-order chi connectivity index (χ0) is 19.2. The van der Waals surface area contributed by atoms with Gasteiger partial charge in [-0.25, -0.2) is 0 Å². The highest BCUT2D eigenvalue weighted by atomic mass is 16.5. The van der Waals surface area contributed by atoms with Crippen LogP contribution in [0.2, 0.25) is 0 Å². The predicted molar refractivity (Wildman–Crippen MR) is 101 cm³/mol. The minimum Gasteiger partial charge on any atom is -0.496 e. The van der Waals surface area contributed by atoms with E-state index >= 15 is 0 Å².